The first-order valence-electron chi connectivity index (χ1n) is 14.4. The molecule has 1 aliphatic heterocycles. The van der Waals surface area contributed by atoms with Gasteiger partial charge in [0.1, 0.15) is 11.9 Å². The summed E-state index contributed by atoms with van der Waals surface area (Å²) in [4.78, 5) is 27.2. The molecule has 1 heterocycles. The molecule has 0 radical (unpaired) electrons. The van der Waals surface area contributed by atoms with E-state index < -0.39 is 77.8 Å². The minimum atomic E-state index is -5.13. The average molecular weight is 671 g/mol. The number of hydrogen-bond acceptors (Lipinski definition) is 5. The second-order valence-corrected chi connectivity index (χ2v) is 11.4. The van der Waals surface area contributed by atoms with E-state index in [1.165, 1.54) is 13.0 Å². The highest BCUT2D eigenvalue weighted by atomic mass is 19.4. The lowest BCUT2D eigenvalue weighted by molar-refractivity contribution is -0.274. The van der Waals surface area contributed by atoms with E-state index >= 15 is 0 Å². The number of carbonyl (C=O) groups excluding carboxylic acids is 1. The Balaban J connectivity index is 1.65. The van der Waals surface area contributed by atoms with E-state index in [1.807, 2.05) is 4.90 Å². The van der Waals surface area contributed by atoms with Gasteiger partial charge in [0.2, 0.25) is 0 Å². The van der Waals surface area contributed by atoms with E-state index in [4.69, 9.17) is 4.74 Å². The van der Waals surface area contributed by atoms with Gasteiger partial charge in [0.05, 0.1) is 29.6 Å². The van der Waals surface area contributed by atoms with Crippen LogP contribution in [0.3, 0.4) is 0 Å². The largest absolute Gasteiger partial charge is 0.573 e. The van der Waals surface area contributed by atoms with E-state index in [0.29, 0.717) is 56.6 Å². The number of alkyl halides is 9. The van der Waals surface area contributed by atoms with Crippen LogP contribution in [0.25, 0.3) is 0 Å². The van der Waals surface area contributed by atoms with Crippen molar-refractivity contribution in [2.45, 2.75) is 76.9 Å². The number of benzene rings is 2. The number of ether oxygens (including phenoxy) is 2. The van der Waals surface area contributed by atoms with Gasteiger partial charge >= 0.3 is 30.8 Å². The molecule has 2 aromatic carbocycles. The fraction of sp³-hybridized carbons (Fsp3) is 0.533. The van der Waals surface area contributed by atoms with Gasteiger partial charge in [-0.05, 0) is 93.0 Å². The van der Waals surface area contributed by atoms with E-state index in [9.17, 15) is 54.2 Å². The van der Waals surface area contributed by atoms with Crippen molar-refractivity contribution >= 4 is 17.7 Å². The van der Waals surface area contributed by atoms with Crippen molar-refractivity contribution in [3.63, 3.8) is 0 Å². The number of carboxylic acids is 1. The zero-order chi connectivity index (χ0) is 34.2. The summed E-state index contributed by atoms with van der Waals surface area (Å²) in [5, 5.41) is 9.30. The van der Waals surface area contributed by atoms with Crippen molar-refractivity contribution in [2.75, 3.05) is 18.0 Å². The smallest absolute Gasteiger partial charge is 0.481 e. The van der Waals surface area contributed by atoms with Crippen LogP contribution >= 0.6 is 0 Å². The highest BCUT2D eigenvalue weighted by Crippen LogP contribution is 2.42. The Labute approximate surface area is 257 Å². The van der Waals surface area contributed by atoms with Crippen LogP contribution in [-0.2, 0) is 28.4 Å². The molecule has 7 nitrogen and oxygen atoms in total. The van der Waals surface area contributed by atoms with Gasteiger partial charge in [-0.2, -0.15) is 26.3 Å². The molecule has 2 atom stereocenters. The lowest BCUT2D eigenvalue weighted by atomic mass is 9.81. The Morgan fingerprint density at radius 1 is 0.957 bits per heavy atom. The van der Waals surface area contributed by atoms with Gasteiger partial charge in [-0.3, -0.25) is 9.69 Å². The van der Waals surface area contributed by atoms with Gasteiger partial charge in [0.15, 0.2) is 0 Å². The summed E-state index contributed by atoms with van der Waals surface area (Å²) < 4.78 is 129. The molecule has 1 N–H and O–H groups in total. The Morgan fingerprint density at radius 3 is 2.04 bits per heavy atom. The van der Waals surface area contributed by atoms with Gasteiger partial charge in [0.25, 0.3) is 0 Å². The predicted octanol–water partition coefficient (Wildman–Crippen LogP) is 8.42. The summed E-state index contributed by atoms with van der Waals surface area (Å²) in [6, 6.07) is 3.28. The quantitative estimate of drug-likeness (QED) is 0.270. The van der Waals surface area contributed by atoms with Crippen LogP contribution in [0.15, 0.2) is 36.4 Å². The molecule has 2 aromatic rings. The SMILES string of the molecule is CCN(C[C@H]1CC[C@H](C(=O)O)CC1)c1ccc(OC(F)(F)F)cc1CN1C(=O)O[C@H](c2cc(C(F)(F)F)cc(C(F)(F)F)c2)[C@@H]1C. The lowest BCUT2D eigenvalue weighted by Crippen LogP contribution is -2.35. The molecule has 2 fully saturated rings. The van der Waals surface area contributed by atoms with Crippen LogP contribution in [0, 0.1) is 11.8 Å². The minimum absolute atomic E-state index is 0.0470. The Morgan fingerprint density at radius 2 is 1.54 bits per heavy atom. The van der Waals surface area contributed by atoms with Gasteiger partial charge < -0.3 is 19.5 Å². The molecule has 46 heavy (non-hydrogen) atoms. The third-order valence-electron chi connectivity index (χ3n) is 8.35. The van der Waals surface area contributed by atoms with Crippen molar-refractivity contribution in [2.24, 2.45) is 11.8 Å². The van der Waals surface area contributed by atoms with Crippen LogP contribution in [-0.4, -0.2) is 47.6 Å². The molecule has 254 valence electrons. The first-order valence-corrected chi connectivity index (χ1v) is 14.4. The number of carboxylic acid groups (broad SMARTS) is 1. The van der Waals surface area contributed by atoms with Crippen molar-refractivity contribution in [1.82, 2.24) is 4.90 Å². The maximum absolute atomic E-state index is 13.5. The van der Waals surface area contributed by atoms with Crippen LogP contribution in [0.2, 0.25) is 0 Å². The Bertz CT molecular complexity index is 1390. The summed E-state index contributed by atoms with van der Waals surface area (Å²) in [6.07, 6.45) is -15.8. The molecule has 0 bridgehead atoms. The molecule has 1 aliphatic carbocycles. The maximum atomic E-state index is 13.5. The fourth-order valence-corrected chi connectivity index (χ4v) is 5.98. The number of carbonyl (C=O) groups is 2. The topological polar surface area (TPSA) is 79.3 Å². The van der Waals surface area contributed by atoms with Crippen LogP contribution in [0.4, 0.5) is 50.0 Å². The van der Waals surface area contributed by atoms with Crippen molar-refractivity contribution < 1.29 is 63.7 Å². The van der Waals surface area contributed by atoms with Gasteiger partial charge in [0, 0.05) is 18.8 Å². The summed E-state index contributed by atoms with van der Waals surface area (Å²) in [5.41, 5.74) is -3.15. The summed E-state index contributed by atoms with van der Waals surface area (Å²) >= 11 is 0. The van der Waals surface area contributed by atoms with Crippen LogP contribution in [0.5, 0.6) is 5.75 Å². The zero-order valence-electron chi connectivity index (χ0n) is 24.6. The summed E-state index contributed by atoms with van der Waals surface area (Å²) in [5.74, 6) is -1.87. The van der Waals surface area contributed by atoms with Gasteiger partial charge in [-0.15, -0.1) is 13.2 Å². The van der Waals surface area contributed by atoms with Gasteiger partial charge in [-0.25, -0.2) is 4.79 Å². The minimum Gasteiger partial charge on any atom is -0.481 e. The number of amides is 1. The lowest BCUT2D eigenvalue weighted by Gasteiger charge is -2.34. The molecule has 1 saturated carbocycles. The Hall–Kier alpha value is -3.85. The van der Waals surface area contributed by atoms with E-state index in [2.05, 4.69) is 4.74 Å². The monoisotopic (exact) mass is 670 g/mol. The third kappa shape index (κ3) is 8.29. The van der Waals surface area contributed by atoms with Gasteiger partial charge in [-0.1, -0.05) is 0 Å². The molecule has 0 aromatic heterocycles. The summed E-state index contributed by atoms with van der Waals surface area (Å²) in [6.45, 7) is 3.52. The molecule has 4 rings (SSSR count). The number of anilines is 1. The third-order valence-corrected chi connectivity index (χ3v) is 8.35. The van der Waals surface area contributed by atoms with Crippen molar-refractivity contribution in [3.05, 3.63) is 58.7 Å². The molecule has 2 aliphatic rings. The van der Waals surface area contributed by atoms with E-state index in [0.717, 1.165) is 17.0 Å². The fourth-order valence-electron chi connectivity index (χ4n) is 5.98. The first kappa shape index (κ1) is 35.0. The number of nitrogens with zero attached hydrogens (tertiary/aromatic N) is 2. The van der Waals surface area contributed by atoms with E-state index in [1.54, 1.807) is 6.92 Å². The number of halogens is 9. The maximum Gasteiger partial charge on any atom is 0.573 e. The van der Waals surface area contributed by atoms with E-state index in [-0.39, 0.29) is 17.5 Å². The highest BCUT2D eigenvalue weighted by Gasteiger charge is 2.44. The number of rotatable bonds is 9. The molecule has 1 saturated heterocycles. The number of hydrogen-bond donors (Lipinski definition) is 1. The molecule has 0 spiro atoms. The predicted molar refractivity (Wildman–Crippen MR) is 145 cm³/mol. The number of aliphatic carboxylic acids is 1. The first-order chi connectivity index (χ1) is 21.3. The Kier molecular flexibility index (Phi) is 9.97. The normalized spacial score (nSPS) is 22.5. The second-order valence-electron chi connectivity index (χ2n) is 11.4. The van der Waals surface area contributed by atoms with Crippen molar-refractivity contribution in [1.29, 1.82) is 0 Å². The molecule has 1 amide bonds. The molecular weight excluding hydrogens is 639 g/mol. The van der Waals surface area contributed by atoms with Crippen molar-refractivity contribution in [3.8, 4) is 5.75 Å². The molecule has 0 unspecified atom stereocenters. The highest BCUT2D eigenvalue weighted by molar-refractivity contribution is 5.72. The number of cyclic esters (lactones) is 1. The van der Waals surface area contributed by atoms with Crippen LogP contribution in [0.1, 0.15) is 67.9 Å². The van der Waals surface area contributed by atoms with Crippen LogP contribution < -0.4 is 9.64 Å². The zero-order valence-corrected chi connectivity index (χ0v) is 24.6. The summed E-state index contributed by atoms with van der Waals surface area (Å²) in [7, 11) is 0. The molecule has 16 heteroatoms. The molecular formula is C30H31F9N2O5. The second kappa shape index (κ2) is 13.1. The average Bonchev–Trinajstić information content (AvgIpc) is 3.23. The standard InChI is InChI=1S/C30H31F9N2O5/c1-3-40(14-17-4-6-18(7-5-17)26(42)43)24-9-8-23(46-30(37,38)39)12-20(24)15-41-16(2)25(45-27(41)44)19-10-21(28(31,32)33)13-22(11-19)29(34,35)36/h8-13,16-18,25H,3-7,14-15H2,1-2H3,(H,42,43)/t16-,17-,18-,25-/m0/s1.